The molecule has 0 aromatic carbocycles. The summed E-state index contributed by atoms with van der Waals surface area (Å²) >= 11 is 1.31. The van der Waals surface area contributed by atoms with Crippen LogP contribution in [0.25, 0.3) is 0 Å². The van der Waals surface area contributed by atoms with Gasteiger partial charge in [-0.2, -0.15) is 0 Å². The van der Waals surface area contributed by atoms with Crippen molar-refractivity contribution in [1.29, 1.82) is 0 Å². The molecule has 0 fully saturated rings. The number of rotatable bonds is 27. The maximum atomic E-state index is 12.2. The van der Waals surface area contributed by atoms with Crippen molar-refractivity contribution >= 4 is 36.6 Å². The van der Waals surface area contributed by atoms with Crippen molar-refractivity contribution in [2.45, 2.75) is 142 Å². The van der Waals surface area contributed by atoms with Crippen LogP contribution < -0.4 is 68.9 Å². The number of hydrogen-bond donors (Lipinski definition) is 0. The fraction of sp³-hybridized carbons (Fsp3) is 0.893. The van der Waals surface area contributed by atoms with Gasteiger partial charge < -0.3 is 28.3 Å². The summed E-state index contributed by atoms with van der Waals surface area (Å²) in [5.41, 5.74) is 0. The Bertz CT molecular complexity index is 695. The monoisotopic (exact) mass is 640 g/mol. The third-order valence-electron chi connectivity index (χ3n) is 6.21. The largest absolute Gasteiger partial charge is 1.00 e. The van der Waals surface area contributed by atoms with Crippen LogP contribution >= 0.6 is 19.6 Å². The van der Waals surface area contributed by atoms with Crippen molar-refractivity contribution in [1.82, 2.24) is 0 Å². The average molecular weight is 641 g/mol. The minimum Gasteiger partial charge on any atom is -0.790 e. The van der Waals surface area contributed by atoms with Gasteiger partial charge in [-0.15, -0.1) is 0 Å². The van der Waals surface area contributed by atoms with E-state index in [1.165, 1.54) is 63.1 Å². The van der Waals surface area contributed by atoms with Crippen molar-refractivity contribution in [2.24, 2.45) is 0 Å². The van der Waals surface area contributed by atoms with Gasteiger partial charge in [-0.05, 0) is 19.3 Å². The first kappa shape index (κ1) is 46.5. The molecule has 0 N–H and O–H groups in total. The summed E-state index contributed by atoms with van der Waals surface area (Å²) in [7, 11) is -5.25. The molecule has 0 radical (unpaired) electrons. The van der Waals surface area contributed by atoms with E-state index in [-0.39, 0.29) is 83.7 Å². The number of phosphoric acid groups is 1. The first-order valence-corrected chi connectivity index (χ1v) is 17.2. The second-order valence-corrected chi connectivity index (χ2v) is 12.5. The van der Waals surface area contributed by atoms with Gasteiger partial charge in [0.2, 0.25) is 0 Å². The van der Waals surface area contributed by atoms with E-state index in [9.17, 15) is 28.7 Å². The minimum atomic E-state index is -5.25. The number of hydrogen-bond acceptors (Lipinski definition) is 10. The molecule has 0 rings (SSSR count). The predicted octanol–water partition coefficient (Wildman–Crippen LogP) is 0.00620. The Morgan fingerprint density at radius 2 is 1.12 bits per heavy atom. The standard InChI is InChI=1S/C28H53O9PS.2Na/c1-3-4-5-6-7-8-9-10-11-12-14-18-21-28(31)37-26(24-36-38(32,33)34)23-35-27(30)20-17-15-13-16-19-22-39-25(2)29;;/h26H,3-24H2,1-2H3,(H2,32,33,34);;/q;2*+1/p-2/t26-;;/m0../s1. The minimum absolute atomic E-state index is 0. The SMILES string of the molecule is CCCCCCCCCCCCCCC(=O)O[C@@H](COC(=O)CCCCCCCSC(C)=O)COP(=O)([O-])[O-].[Na+].[Na+]. The smallest absolute Gasteiger partial charge is 0.790 e. The van der Waals surface area contributed by atoms with Crippen LogP contribution in [0.3, 0.4) is 0 Å². The van der Waals surface area contributed by atoms with Crippen LogP contribution in [-0.2, 0) is 32.9 Å². The predicted molar refractivity (Wildman–Crippen MR) is 151 cm³/mol. The zero-order valence-corrected chi connectivity index (χ0v) is 31.9. The number of unbranched alkanes of at least 4 members (excludes halogenated alkanes) is 15. The van der Waals surface area contributed by atoms with E-state index in [0.717, 1.165) is 50.7 Å². The van der Waals surface area contributed by atoms with E-state index in [2.05, 4.69) is 11.4 Å². The fourth-order valence-electron chi connectivity index (χ4n) is 4.02. The molecule has 0 aliphatic carbocycles. The van der Waals surface area contributed by atoms with Gasteiger partial charge in [0.25, 0.3) is 0 Å². The average Bonchev–Trinajstić information content (AvgIpc) is 2.87. The first-order valence-electron chi connectivity index (χ1n) is 14.8. The molecule has 0 unspecified atom stereocenters. The Morgan fingerprint density at radius 3 is 1.59 bits per heavy atom. The van der Waals surface area contributed by atoms with Crippen LogP contribution in [0.15, 0.2) is 0 Å². The van der Waals surface area contributed by atoms with Crippen molar-refractivity contribution in [3.05, 3.63) is 0 Å². The summed E-state index contributed by atoms with van der Waals surface area (Å²) in [6.07, 6.45) is 17.6. The molecule has 0 aromatic heterocycles. The Labute approximate surface area is 297 Å². The summed E-state index contributed by atoms with van der Waals surface area (Å²) in [4.78, 5) is 56.8. The summed E-state index contributed by atoms with van der Waals surface area (Å²) in [6.45, 7) is 2.72. The molecule has 0 saturated carbocycles. The van der Waals surface area contributed by atoms with Gasteiger partial charge in [-0.1, -0.05) is 109 Å². The molecule has 0 bridgehead atoms. The zero-order chi connectivity index (χ0) is 29.2. The van der Waals surface area contributed by atoms with Gasteiger partial charge >= 0.3 is 71.1 Å². The van der Waals surface area contributed by atoms with E-state index in [4.69, 9.17) is 9.47 Å². The number of thioether (sulfide) groups is 1. The van der Waals surface area contributed by atoms with E-state index in [1.807, 2.05) is 0 Å². The summed E-state index contributed by atoms with van der Waals surface area (Å²) < 4.78 is 25.5. The second-order valence-electron chi connectivity index (χ2n) is 10.0. The second kappa shape index (κ2) is 32.5. The van der Waals surface area contributed by atoms with Crippen LogP contribution in [0.4, 0.5) is 0 Å². The van der Waals surface area contributed by atoms with Gasteiger partial charge in [-0.25, -0.2) is 0 Å². The zero-order valence-electron chi connectivity index (χ0n) is 26.2. The molecule has 0 aliphatic heterocycles. The molecular formula is C28H51Na2O9PS. The molecule has 0 amide bonds. The summed E-state index contributed by atoms with van der Waals surface area (Å²) in [5, 5.41) is 0.116. The van der Waals surface area contributed by atoms with Crippen LogP contribution in [0, 0.1) is 0 Å². The maximum absolute atomic E-state index is 12.2. The number of carbonyl (C=O) groups excluding carboxylic acids is 3. The first-order chi connectivity index (χ1) is 18.6. The third-order valence-corrected chi connectivity index (χ3v) is 7.58. The number of carbonyl (C=O) groups is 3. The van der Waals surface area contributed by atoms with Crippen molar-refractivity contribution < 1.29 is 102 Å². The van der Waals surface area contributed by atoms with Crippen molar-refractivity contribution in [3.63, 3.8) is 0 Å². The van der Waals surface area contributed by atoms with E-state index < -0.39 is 32.5 Å². The molecule has 13 heteroatoms. The molecule has 9 nitrogen and oxygen atoms in total. The Kier molecular flexibility index (Phi) is 36.8. The van der Waals surface area contributed by atoms with Crippen LogP contribution in [0.5, 0.6) is 0 Å². The van der Waals surface area contributed by atoms with E-state index in [1.54, 1.807) is 6.92 Å². The molecule has 0 heterocycles. The molecule has 0 aliphatic rings. The molecule has 0 spiro atoms. The van der Waals surface area contributed by atoms with Gasteiger partial charge in [0.05, 0.1) is 14.4 Å². The third kappa shape index (κ3) is 37.2. The fourth-order valence-corrected chi connectivity index (χ4v) is 5.01. The Balaban J connectivity index is -0.00000722. The van der Waals surface area contributed by atoms with E-state index in [0.29, 0.717) is 12.8 Å². The van der Waals surface area contributed by atoms with Crippen LogP contribution in [-0.4, -0.2) is 42.1 Å². The molecule has 1 atom stereocenters. The summed E-state index contributed by atoms with van der Waals surface area (Å²) in [5.74, 6) is -0.226. The van der Waals surface area contributed by atoms with Gasteiger partial charge in [0.1, 0.15) is 6.61 Å². The topological polar surface area (TPSA) is 142 Å². The normalized spacial score (nSPS) is 11.7. The quantitative estimate of drug-likeness (QED) is 0.0522. The molecule has 230 valence electrons. The maximum Gasteiger partial charge on any atom is 1.00 e. The Morgan fingerprint density at radius 1 is 0.683 bits per heavy atom. The van der Waals surface area contributed by atoms with Crippen LogP contribution in [0.2, 0.25) is 0 Å². The van der Waals surface area contributed by atoms with Crippen molar-refractivity contribution in [3.8, 4) is 0 Å². The summed E-state index contributed by atoms with van der Waals surface area (Å²) in [6, 6.07) is 0. The van der Waals surface area contributed by atoms with Gasteiger partial charge in [0, 0.05) is 25.5 Å². The van der Waals surface area contributed by atoms with Crippen LogP contribution in [0.1, 0.15) is 136 Å². The van der Waals surface area contributed by atoms with Crippen molar-refractivity contribution in [2.75, 3.05) is 19.0 Å². The molecule has 0 saturated heterocycles. The molecular weight excluding hydrogens is 589 g/mol. The number of esters is 2. The molecule has 41 heavy (non-hydrogen) atoms. The molecule has 0 aromatic rings. The number of phosphoric ester groups is 1. The number of ether oxygens (including phenoxy) is 2. The Hall–Kier alpha value is 1.07. The van der Waals surface area contributed by atoms with E-state index >= 15 is 0 Å². The van der Waals surface area contributed by atoms with Gasteiger partial charge in [0.15, 0.2) is 11.2 Å². The van der Waals surface area contributed by atoms with Gasteiger partial charge in [-0.3, -0.25) is 14.4 Å².